The van der Waals surface area contributed by atoms with Crippen molar-refractivity contribution in [3.63, 3.8) is 0 Å². The van der Waals surface area contributed by atoms with Crippen LogP contribution in [0, 0.1) is 6.92 Å². The maximum Gasteiger partial charge on any atom is 0.231 e. The highest BCUT2D eigenvalue weighted by Crippen LogP contribution is 2.27. The predicted molar refractivity (Wildman–Crippen MR) is 108 cm³/mol. The average molecular weight is 393 g/mol. The number of aromatic nitrogens is 3. The number of benzene rings is 2. The first kappa shape index (κ1) is 18.2. The molecule has 0 spiro atoms. The Kier molecular flexibility index (Phi) is 5.08. The predicted octanol–water partition coefficient (Wildman–Crippen LogP) is 4.78. The van der Waals surface area contributed by atoms with Gasteiger partial charge in [0.1, 0.15) is 11.5 Å². The van der Waals surface area contributed by atoms with Gasteiger partial charge >= 0.3 is 0 Å². The van der Waals surface area contributed by atoms with Gasteiger partial charge in [0.05, 0.1) is 31.3 Å². The molecule has 0 radical (unpaired) electrons. The van der Waals surface area contributed by atoms with Crippen LogP contribution in [0.2, 0.25) is 0 Å². The molecule has 0 unspecified atom stereocenters. The molecule has 0 aliphatic rings. The molecule has 6 nitrogen and oxygen atoms in total. The molecular formula is C21H19N3O3S. The number of thiazole rings is 1. The van der Waals surface area contributed by atoms with E-state index in [-0.39, 0.29) is 0 Å². The third-order valence-electron chi connectivity index (χ3n) is 4.27. The number of ether oxygens (including phenoxy) is 2. The molecule has 0 aliphatic carbocycles. The van der Waals surface area contributed by atoms with Crippen molar-refractivity contribution < 1.29 is 14.0 Å². The highest BCUT2D eigenvalue weighted by Gasteiger charge is 2.12. The average Bonchev–Trinajstić information content (AvgIpc) is 3.37. The van der Waals surface area contributed by atoms with Crippen LogP contribution in [-0.2, 0) is 6.42 Å². The first-order valence-electron chi connectivity index (χ1n) is 8.72. The monoisotopic (exact) mass is 393 g/mol. The quantitative estimate of drug-likeness (QED) is 0.470. The summed E-state index contributed by atoms with van der Waals surface area (Å²) in [6.07, 6.45) is 0.492. The van der Waals surface area contributed by atoms with Gasteiger partial charge in [0.25, 0.3) is 0 Å². The minimum atomic E-state index is 0.492. The topological polar surface area (TPSA) is 70.3 Å². The zero-order chi connectivity index (χ0) is 19.5. The molecule has 0 bridgehead atoms. The number of methoxy groups -OCH3 is 2. The normalized spacial score (nSPS) is 10.8. The molecule has 0 N–H and O–H groups in total. The lowest BCUT2D eigenvalue weighted by atomic mass is 10.1. The zero-order valence-corrected chi connectivity index (χ0v) is 16.6. The van der Waals surface area contributed by atoms with E-state index in [0.29, 0.717) is 18.1 Å². The molecule has 0 saturated carbocycles. The second-order valence-corrected chi connectivity index (χ2v) is 7.30. The number of aryl methyl sites for hydroxylation is 1. The SMILES string of the molecule is COc1cc(Cc2nc(-c3cccc(-c4csc(C)n4)c3)no2)cc(OC)c1. The lowest BCUT2D eigenvalue weighted by Crippen LogP contribution is -1.93. The molecule has 0 fully saturated rings. The summed E-state index contributed by atoms with van der Waals surface area (Å²) in [5.74, 6) is 2.53. The van der Waals surface area contributed by atoms with Crippen molar-refractivity contribution in [1.82, 2.24) is 15.1 Å². The van der Waals surface area contributed by atoms with Gasteiger partial charge in [-0.3, -0.25) is 0 Å². The maximum absolute atomic E-state index is 5.46. The maximum atomic E-state index is 5.46. The summed E-state index contributed by atoms with van der Waals surface area (Å²) in [6.45, 7) is 2.00. The first-order valence-corrected chi connectivity index (χ1v) is 9.60. The standard InChI is InChI=1S/C21H19N3O3S/c1-13-22-19(12-28-13)15-5-4-6-16(10-15)21-23-20(27-24-21)9-14-7-17(25-2)11-18(8-14)26-3/h4-8,10-12H,9H2,1-3H3. The minimum Gasteiger partial charge on any atom is -0.497 e. The fourth-order valence-corrected chi connectivity index (χ4v) is 3.52. The van der Waals surface area contributed by atoms with Crippen molar-refractivity contribution in [1.29, 1.82) is 0 Å². The van der Waals surface area contributed by atoms with E-state index >= 15 is 0 Å². The summed E-state index contributed by atoms with van der Waals surface area (Å²) in [5, 5.41) is 7.23. The molecule has 2 heterocycles. The van der Waals surface area contributed by atoms with E-state index in [0.717, 1.165) is 38.9 Å². The van der Waals surface area contributed by atoms with Crippen molar-refractivity contribution in [2.45, 2.75) is 13.3 Å². The third-order valence-corrected chi connectivity index (χ3v) is 5.04. The Morgan fingerprint density at radius 2 is 1.71 bits per heavy atom. The molecule has 2 aromatic carbocycles. The van der Waals surface area contributed by atoms with Crippen LogP contribution in [0.5, 0.6) is 11.5 Å². The molecule has 0 atom stereocenters. The van der Waals surface area contributed by atoms with Crippen LogP contribution < -0.4 is 9.47 Å². The van der Waals surface area contributed by atoms with E-state index in [2.05, 4.69) is 15.1 Å². The Labute approximate surface area is 166 Å². The molecule has 0 amide bonds. The highest BCUT2D eigenvalue weighted by atomic mass is 32.1. The summed E-state index contributed by atoms with van der Waals surface area (Å²) < 4.78 is 16.1. The van der Waals surface area contributed by atoms with Crippen LogP contribution in [-0.4, -0.2) is 29.3 Å². The zero-order valence-electron chi connectivity index (χ0n) is 15.8. The molecule has 142 valence electrons. The van der Waals surface area contributed by atoms with Crippen molar-refractivity contribution in [2.24, 2.45) is 0 Å². The van der Waals surface area contributed by atoms with E-state index < -0.39 is 0 Å². The number of rotatable bonds is 6. The Balaban J connectivity index is 1.58. The van der Waals surface area contributed by atoms with E-state index in [1.54, 1.807) is 25.6 Å². The van der Waals surface area contributed by atoms with Gasteiger partial charge in [0, 0.05) is 22.6 Å². The van der Waals surface area contributed by atoms with Gasteiger partial charge in [-0.15, -0.1) is 11.3 Å². The molecule has 4 rings (SSSR count). The summed E-state index contributed by atoms with van der Waals surface area (Å²) in [6, 6.07) is 13.7. The van der Waals surface area contributed by atoms with Gasteiger partial charge in [-0.1, -0.05) is 23.4 Å². The summed E-state index contributed by atoms with van der Waals surface area (Å²) >= 11 is 1.63. The van der Waals surface area contributed by atoms with Crippen molar-refractivity contribution in [2.75, 3.05) is 14.2 Å². The first-order chi connectivity index (χ1) is 13.6. The largest absolute Gasteiger partial charge is 0.497 e. The summed E-state index contributed by atoms with van der Waals surface area (Å²) in [4.78, 5) is 9.09. The van der Waals surface area contributed by atoms with Gasteiger partial charge in [0.2, 0.25) is 11.7 Å². The van der Waals surface area contributed by atoms with Crippen molar-refractivity contribution in [3.8, 4) is 34.1 Å². The van der Waals surface area contributed by atoms with Crippen molar-refractivity contribution >= 4 is 11.3 Å². The Morgan fingerprint density at radius 1 is 0.964 bits per heavy atom. The van der Waals surface area contributed by atoms with E-state index in [1.165, 1.54) is 0 Å². The smallest absolute Gasteiger partial charge is 0.231 e. The third kappa shape index (κ3) is 3.89. The van der Waals surface area contributed by atoms with Crippen LogP contribution in [0.15, 0.2) is 52.4 Å². The minimum absolute atomic E-state index is 0.492. The fourth-order valence-electron chi connectivity index (χ4n) is 2.90. The number of hydrogen-bond donors (Lipinski definition) is 0. The Hall–Kier alpha value is -3.19. The van der Waals surface area contributed by atoms with Crippen LogP contribution >= 0.6 is 11.3 Å². The van der Waals surface area contributed by atoms with Gasteiger partial charge < -0.3 is 14.0 Å². The van der Waals surface area contributed by atoms with Gasteiger partial charge in [-0.2, -0.15) is 4.98 Å². The second-order valence-electron chi connectivity index (χ2n) is 6.24. The van der Waals surface area contributed by atoms with Crippen LogP contribution in [0.1, 0.15) is 16.5 Å². The molecular weight excluding hydrogens is 374 g/mol. The van der Waals surface area contributed by atoms with Crippen molar-refractivity contribution in [3.05, 3.63) is 64.3 Å². The van der Waals surface area contributed by atoms with E-state index in [1.807, 2.05) is 54.8 Å². The molecule has 28 heavy (non-hydrogen) atoms. The fraction of sp³-hybridized carbons (Fsp3) is 0.190. The Bertz CT molecular complexity index is 1080. The lowest BCUT2D eigenvalue weighted by Gasteiger charge is -2.06. The second kappa shape index (κ2) is 7.82. The van der Waals surface area contributed by atoms with Crippen LogP contribution in [0.25, 0.3) is 22.6 Å². The number of hydrogen-bond acceptors (Lipinski definition) is 7. The summed E-state index contributed by atoms with van der Waals surface area (Å²) in [5.41, 5.74) is 3.85. The van der Waals surface area contributed by atoms with Gasteiger partial charge in [-0.25, -0.2) is 4.98 Å². The van der Waals surface area contributed by atoms with Gasteiger partial charge in [-0.05, 0) is 30.7 Å². The number of nitrogens with zero attached hydrogens (tertiary/aromatic N) is 3. The van der Waals surface area contributed by atoms with Gasteiger partial charge in [0.15, 0.2) is 0 Å². The van der Waals surface area contributed by atoms with Crippen LogP contribution in [0.3, 0.4) is 0 Å². The van der Waals surface area contributed by atoms with E-state index in [9.17, 15) is 0 Å². The lowest BCUT2D eigenvalue weighted by molar-refractivity contribution is 0.382. The molecule has 0 aliphatic heterocycles. The summed E-state index contributed by atoms with van der Waals surface area (Å²) in [7, 11) is 3.25. The van der Waals surface area contributed by atoms with E-state index in [4.69, 9.17) is 14.0 Å². The molecule has 7 heteroatoms. The molecule has 2 aromatic heterocycles. The molecule has 4 aromatic rings. The molecule has 0 saturated heterocycles. The van der Waals surface area contributed by atoms with Crippen LogP contribution in [0.4, 0.5) is 0 Å². The Morgan fingerprint density at radius 3 is 2.39 bits per heavy atom. The highest BCUT2D eigenvalue weighted by molar-refractivity contribution is 7.09.